The van der Waals surface area contributed by atoms with Crippen LogP contribution < -0.4 is 0 Å². The Morgan fingerprint density at radius 1 is 1.05 bits per heavy atom. The smallest absolute Gasteiger partial charge is 0.130 e. The van der Waals surface area contributed by atoms with Gasteiger partial charge in [0.1, 0.15) is 17.7 Å². The quantitative estimate of drug-likeness (QED) is 0.786. The Morgan fingerprint density at radius 3 is 2.35 bits per heavy atom. The first kappa shape index (κ1) is 14.3. The minimum atomic E-state index is 0.160. The van der Waals surface area contributed by atoms with E-state index in [1.165, 1.54) is 31.2 Å². The molecule has 0 radical (unpaired) electrons. The molecule has 3 heteroatoms. The zero-order valence-electron chi connectivity index (χ0n) is 11.7. The lowest BCUT2D eigenvalue weighted by molar-refractivity contribution is 0.277. The zero-order valence-corrected chi connectivity index (χ0v) is 11.7. The van der Waals surface area contributed by atoms with Crippen LogP contribution in [0.3, 0.4) is 0 Å². The summed E-state index contributed by atoms with van der Waals surface area (Å²) in [6.45, 7) is 3.18. The monoisotopic (exact) mass is 265 g/mol. The van der Waals surface area contributed by atoms with Gasteiger partial charge < -0.3 is 0 Å². The second kappa shape index (κ2) is 7.48. The third kappa shape index (κ3) is 3.95. The third-order valence-corrected chi connectivity index (χ3v) is 3.69. The molecule has 0 aliphatic carbocycles. The molecule has 2 rings (SSSR count). The normalized spacial score (nSPS) is 15.7. The number of nitrogens with zero attached hydrogens (tertiary/aromatic N) is 3. The minimum Gasteiger partial charge on any atom is -0.299 e. The Morgan fingerprint density at radius 2 is 1.70 bits per heavy atom. The lowest BCUT2D eigenvalue weighted by atomic mass is 10.0. The van der Waals surface area contributed by atoms with Crippen molar-refractivity contribution in [2.45, 2.75) is 32.2 Å². The SMILES string of the molecule is N#CC(C#N)=Cc1ccccc1CN1CCCCCC1. The average molecular weight is 265 g/mol. The van der Waals surface area contributed by atoms with Gasteiger partial charge in [-0.3, -0.25) is 4.90 Å². The van der Waals surface area contributed by atoms with Gasteiger partial charge in [0.25, 0.3) is 0 Å². The Bertz CT molecular complexity index is 536. The summed E-state index contributed by atoms with van der Waals surface area (Å²) in [5.74, 6) is 0. The first-order valence-corrected chi connectivity index (χ1v) is 7.15. The molecule has 1 aromatic carbocycles. The predicted molar refractivity (Wildman–Crippen MR) is 79.4 cm³/mol. The number of hydrogen-bond donors (Lipinski definition) is 0. The molecule has 1 heterocycles. The van der Waals surface area contributed by atoms with Crippen molar-refractivity contribution in [3.63, 3.8) is 0 Å². The molecule has 0 amide bonds. The molecule has 1 aliphatic heterocycles. The highest BCUT2D eigenvalue weighted by molar-refractivity contribution is 5.64. The predicted octanol–water partition coefficient (Wildman–Crippen LogP) is 3.49. The lowest BCUT2D eigenvalue weighted by Crippen LogP contribution is -2.24. The summed E-state index contributed by atoms with van der Waals surface area (Å²) < 4.78 is 0. The van der Waals surface area contributed by atoms with E-state index in [1.807, 2.05) is 30.3 Å². The van der Waals surface area contributed by atoms with Crippen molar-refractivity contribution >= 4 is 6.08 Å². The molecule has 3 nitrogen and oxygen atoms in total. The van der Waals surface area contributed by atoms with Crippen molar-refractivity contribution in [3.8, 4) is 12.1 Å². The van der Waals surface area contributed by atoms with Crippen LogP contribution in [-0.2, 0) is 6.54 Å². The Hall–Kier alpha value is -2.10. The summed E-state index contributed by atoms with van der Waals surface area (Å²) in [7, 11) is 0. The van der Waals surface area contributed by atoms with E-state index in [2.05, 4.69) is 11.0 Å². The standard InChI is InChI=1S/C17H19N3/c18-12-15(13-19)11-16-7-3-4-8-17(16)14-20-9-5-1-2-6-10-20/h3-4,7-8,11H,1-2,5-6,9-10,14H2. The maximum absolute atomic E-state index is 8.89. The van der Waals surface area contributed by atoms with E-state index in [9.17, 15) is 0 Å². The van der Waals surface area contributed by atoms with E-state index in [0.29, 0.717) is 0 Å². The van der Waals surface area contributed by atoms with Crippen molar-refractivity contribution < 1.29 is 0 Å². The molecule has 1 fully saturated rings. The summed E-state index contributed by atoms with van der Waals surface area (Å²) in [5.41, 5.74) is 2.33. The molecule has 1 aromatic rings. The highest BCUT2D eigenvalue weighted by Crippen LogP contribution is 2.18. The molecule has 0 N–H and O–H groups in total. The van der Waals surface area contributed by atoms with E-state index < -0.39 is 0 Å². The molecule has 0 bridgehead atoms. The van der Waals surface area contributed by atoms with E-state index in [-0.39, 0.29) is 5.57 Å². The van der Waals surface area contributed by atoms with E-state index in [1.54, 1.807) is 6.08 Å². The molecule has 20 heavy (non-hydrogen) atoms. The highest BCUT2D eigenvalue weighted by atomic mass is 15.1. The van der Waals surface area contributed by atoms with Crippen molar-refractivity contribution in [1.82, 2.24) is 4.90 Å². The van der Waals surface area contributed by atoms with Gasteiger partial charge in [-0.15, -0.1) is 0 Å². The van der Waals surface area contributed by atoms with Gasteiger partial charge in [0, 0.05) is 6.54 Å². The van der Waals surface area contributed by atoms with Crippen molar-refractivity contribution in [3.05, 3.63) is 41.0 Å². The second-order valence-electron chi connectivity index (χ2n) is 5.17. The van der Waals surface area contributed by atoms with Crippen molar-refractivity contribution in [1.29, 1.82) is 10.5 Å². The summed E-state index contributed by atoms with van der Waals surface area (Å²) in [5, 5.41) is 17.8. The van der Waals surface area contributed by atoms with Crippen LogP contribution in [0.25, 0.3) is 6.08 Å². The molecule has 0 aromatic heterocycles. The van der Waals surface area contributed by atoms with Crippen LogP contribution in [-0.4, -0.2) is 18.0 Å². The van der Waals surface area contributed by atoms with Crippen LogP contribution in [0.15, 0.2) is 29.8 Å². The topological polar surface area (TPSA) is 50.8 Å². The van der Waals surface area contributed by atoms with Gasteiger partial charge >= 0.3 is 0 Å². The van der Waals surface area contributed by atoms with Gasteiger partial charge in [0.2, 0.25) is 0 Å². The van der Waals surface area contributed by atoms with E-state index >= 15 is 0 Å². The fourth-order valence-electron chi connectivity index (χ4n) is 2.60. The molecule has 0 spiro atoms. The summed E-state index contributed by atoms with van der Waals surface area (Å²) in [6, 6.07) is 11.9. The van der Waals surface area contributed by atoms with Crippen LogP contribution in [0.5, 0.6) is 0 Å². The van der Waals surface area contributed by atoms with Crippen LogP contribution in [0.1, 0.15) is 36.8 Å². The van der Waals surface area contributed by atoms with Crippen molar-refractivity contribution in [2.24, 2.45) is 0 Å². The number of nitriles is 2. The molecule has 0 atom stereocenters. The van der Waals surface area contributed by atoms with Gasteiger partial charge in [0.15, 0.2) is 0 Å². The Labute approximate surface area is 120 Å². The lowest BCUT2D eigenvalue weighted by Gasteiger charge is -2.20. The Kier molecular flexibility index (Phi) is 5.35. The van der Waals surface area contributed by atoms with E-state index in [4.69, 9.17) is 10.5 Å². The van der Waals surface area contributed by atoms with Crippen molar-refractivity contribution in [2.75, 3.05) is 13.1 Å². The van der Waals surface area contributed by atoms with Crippen LogP contribution in [0.4, 0.5) is 0 Å². The molecule has 1 aliphatic rings. The van der Waals surface area contributed by atoms with Crippen LogP contribution in [0, 0.1) is 22.7 Å². The molecule has 0 unspecified atom stereocenters. The summed E-state index contributed by atoms with van der Waals surface area (Å²) in [4.78, 5) is 2.47. The second-order valence-corrected chi connectivity index (χ2v) is 5.17. The summed E-state index contributed by atoms with van der Waals surface area (Å²) in [6.07, 6.45) is 6.86. The van der Waals surface area contributed by atoms with Gasteiger partial charge in [-0.25, -0.2) is 0 Å². The average Bonchev–Trinajstić information content (AvgIpc) is 2.75. The molecule has 0 saturated carbocycles. The van der Waals surface area contributed by atoms with Crippen LogP contribution >= 0.6 is 0 Å². The number of hydrogen-bond acceptors (Lipinski definition) is 3. The van der Waals surface area contributed by atoms with Gasteiger partial charge in [-0.05, 0) is 43.1 Å². The fourth-order valence-corrected chi connectivity index (χ4v) is 2.60. The maximum Gasteiger partial charge on any atom is 0.130 e. The van der Waals surface area contributed by atoms with E-state index in [0.717, 1.165) is 25.2 Å². The Balaban J connectivity index is 2.18. The maximum atomic E-state index is 8.89. The molecular formula is C17H19N3. The largest absolute Gasteiger partial charge is 0.299 e. The molecular weight excluding hydrogens is 246 g/mol. The highest BCUT2D eigenvalue weighted by Gasteiger charge is 2.11. The minimum absolute atomic E-state index is 0.160. The zero-order chi connectivity index (χ0) is 14.2. The number of benzene rings is 1. The third-order valence-electron chi connectivity index (χ3n) is 3.69. The first-order valence-electron chi connectivity index (χ1n) is 7.15. The summed E-state index contributed by atoms with van der Waals surface area (Å²) >= 11 is 0. The number of rotatable bonds is 3. The van der Waals surface area contributed by atoms with Gasteiger partial charge in [-0.2, -0.15) is 10.5 Å². The number of likely N-dealkylation sites (tertiary alicyclic amines) is 1. The first-order chi connectivity index (χ1) is 9.83. The van der Waals surface area contributed by atoms with Gasteiger partial charge in [-0.1, -0.05) is 37.1 Å². The molecule has 1 saturated heterocycles. The number of allylic oxidation sites excluding steroid dienone is 1. The van der Waals surface area contributed by atoms with Gasteiger partial charge in [0.05, 0.1) is 0 Å². The molecule has 102 valence electrons. The van der Waals surface area contributed by atoms with Crippen LogP contribution in [0.2, 0.25) is 0 Å². The fraction of sp³-hybridized carbons (Fsp3) is 0.412.